The van der Waals surface area contributed by atoms with Crippen molar-refractivity contribution in [1.82, 2.24) is 16.0 Å². The summed E-state index contributed by atoms with van der Waals surface area (Å²) in [4.78, 5) is 58.4. The quantitative estimate of drug-likeness (QED) is 0.128. The number of carbonyl (C=O) groups is 5. The SMILES string of the molecule is CC(NC(=O)C(N)CCCCN)C(=O)NC(C(=O)NC(CC(=O)O)C(=O)O)C(C)O. The van der Waals surface area contributed by atoms with Crippen LogP contribution in [0.2, 0.25) is 0 Å². The number of hydrogen-bond acceptors (Lipinski definition) is 8. The van der Waals surface area contributed by atoms with Gasteiger partial charge in [-0.25, -0.2) is 4.79 Å². The van der Waals surface area contributed by atoms with Crippen LogP contribution in [-0.4, -0.2) is 81.8 Å². The van der Waals surface area contributed by atoms with Gasteiger partial charge in [-0.2, -0.15) is 0 Å². The minimum absolute atomic E-state index is 0.371. The lowest BCUT2D eigenvalue weighted by Crippen LogP contribution is -2.59. The summed E-state index contributed by atoms with van der Waals surface area (Å²) >= 11 is 0. The number of amides is 3. The topological polar surface area (TPSA) is 234 Å². The number of aliphatic hydroxyl groups excluding tert-OH is 1. The van der Waals surface area contributed by atoms with E-state index in [4.69, 9.17) is 21.7 Å². The number of rotatable bonds is 14. The molecule has 172 valence electrons. The van der Waals surface area contributed by atoms with Crippen molar-refractivity contribution in [2.45, 2.75) is 69.8 Å². The second-order valence-electron chi connectivity index (χ2n) is 6.85. The van der Waals surface area contributed by atoms with Gasteiger partial charge in [-0.15, -0.1) is 0 Å². The normalized spacial score (nSPS) is 15.8. The van der Waals surface area contributed by atoms with Crippen molar-refractivity contribution in [3.05, 3.63) is 0 Å². The van der Waals surface area contributed by atoms with Crippen LogP contribution in [0.4, 0.5) is 0 Å². The summed E-state index contributed by atoms with van der Waals surface area (Å²) in [6, 6.07) is -5.29. The molecule has 0 aromatic heterocycles. The molecule has 0 saturated heterocycles. The molecular weight excluding hydrogens is 402 g/mol. The molecule has 0 aliphatic heterocycles. The van der Waals surface area contributed by atoms with Crippen LogP contribution in [0.15, 0.2) is 0 Å². The van der Waals surface area contributed by atoms with Crippen molar-refractivity contribution in [3.8, 4) is 0 Å². The number of carbonyl (C=O) groups excluding carboxylic acids is 3. The summed E-state index contributed by atoms with van der Waals surface area (Å²) < 4.78 is 0. The zero-order chi connectivity index (χ0) is 23.4. The molecule has 0 aliphatic carbocycles. The van der Waals surface area contributed by atoms with E-state index in [0.717, 1.165) is 0 Å². The lowest BCUT2D eigenvalue weighted by atomic mass is 10.1. The van der Waals surface area contributed by atoms with Crippen LogP contribution in [0.3, 0.4) is 0 Å². The minimum atomic E-state index is -1.75. The summed E-state index contributed by atoms with van der Waals surface area (Å²) in [6.45, 7) is 2.97. The van der Waals surface area contributed by atoms with E-state index in [1.807, 2.05) is 5.32 Å². The van der Waals surface area contributed by atoms with Gasteiger partial charge in [0.2, 0.25) is 17.7 Å². The Morgan fingerprint density at radius 2 is 1.50 bits per heavy atom. The fourth-order valence-electron chi connectivity index (χ4n) is 2.35. The molecule has 10 N–H and O–H groups in total. The number of nitrogens with two attached hydrogens (primary N) is 2. The molecular formula is C17H31N5O8. The average molecular weight is 433 g/mol. The molecule has 0 fully saturated rings. The Morgan fingerprint density at radius 1 is 0.900 bits per heavy atom. The molecule has 5 unspecified atom stereocenters. The molecule has 3 amide bonds. The molecule has 13 heteroatoms. The van der Waals surface area contributed by atoms with Gasteiger partial charge in [0.1, 0.15) is 18.1 Å². The second kappa shape index (κ2) is 13.5. The Kier molecular flexibility index (Phi) is 12.2. The number of carboxylic acids is 2. The molecule has 13 nitrogen and oxygen atoms in total. The minimum Gasteiger partial charge on any atom is -0.481 e. The fraction of sp³-hybridized carbons (Fsp3) is 0.706. The van der Waals surface area contributed by atoms with Crippen molar-refractivity contribution in [3.63, 3.8) is 0 Å². The summed E-state index contributed by atoms with van der Waals surface area (Å²) in [5.41, 5.74) is 11.1. The standard InChI is InChI=1S/C17H31N5O8/c1-8(20-15(27)10(19)5-3-4-6-18)14(26)22-13(9(2)23)16(28)21-11(17(29)30)7-12(24)25/h8-11,13,23H,3-7,18-19H2,1-2H3,(H,20,27)(H,21,28)(H,22,26)(H,24,25)(H,29,30). The molecule has 0 saturated carbocycles. The Bertz CT molecular complexity index is 627. The van der Waals surface area contributed by atoms with Gasteiger partial charge in [0.15, 0.2) is 0 Å². The molecule has 30 heavy (non-hydrogen) atoms. The Balaban J connectivity index is 4.93. The van der Waals surface area contributed by atoms with Gasteiger partial charge in [0.05, 0.1) is 18.6 Å². The van der Waals surface area contributed by atoms with E-state index in [1.165, 1.54) is 13.8 Å². The molecule has 0 aromatic carbocycles. The number of nitrogens with one attached hydrogen (secondary N) is 3. The van der Waals surface area contributed by atoms with E-state index in [0.29, 0.717) is 25.8 Å². The zero-order valence-electron chi connectivity index (χ0n) is 17.0. The van der Waals surface area contributed by atoms with Crippen molar-refractivity contribution in [1.29, 1.82) is 0 Å². The van der Waals surface area contributed by atoms with Gasteiger partial charge >= 0.3 is 11.9 Å². The predicted molar refractivity (Wildman–Crippen MR) is 104 cm³/mol. The average Bonchev–Trinajstić information content (AvgIpc) is 2.64. The first kappa shape index (κ1) is 27.2. The van der Waals surface area contributed by atoms with Crippen LogP contribution >= 0.6 is 0 Å². The number of hydrogen-bond donors (Lipinski definition) is 8. The maximum atomic E-state index is 12.3. The van der Waals surface area contributed by atoms with Crippen molar-refractivity contribution < 1.29 is 39.3 Å². The molecule has 0 aromatic rings. The van der Waals surface area contributed by atoms with Gasteiger partial charge in [-0.05, 0) is 33.2 Å². The predicted octanol–water partition coefficient (Wildman–Crippen LogP) is -3.14. The lowest BCUT2D eigenvalue weighted by Gasteiger charge is -2.25. The van der Waals surface area contributed by atoms with E-state index in [1.54, 1.807) is 0 Å². The van der Waals surface area contributed by atoms with E-state index in [-0.39, 0.29) is 0 Å². The molecule has 0 heterocycles. The van der Waals surface area contributed by atoms with Crippen LogP contribution in [0.25, 0.3) is 0 Å². The first-order valence-electron chi connectivity index (χ1n) is 9.40. The Labute approximate surface area is 173 Å². The molecule has 5 atom stereocenters. The third-order valence-corrected chi connectivity index (χ3v) is 4.11. The second-order valence-corrected chi connectivity index (χ2v) is 6.85. The highest BCUT2D eigenvalue weighted by molar-refractivity contribution is 5.94. The van der Waals surface area contributed by atoms with Gasteiger partial charge in [0.25, 0.3) is 0 Å². The van der Waals surface area contributed by atoms with Crippen molar-refractivity contribution in [2.24, 2.45) is 11.5 Å². The number of unbranched alkanes of at least 4 members (excludes halogenated alkanes) is 1. The first-order chi connectivity index (χ1) is 13.9. The molecule has 0 bridgehead atoms. The van der Waals surface area contributed by atoms with Gasteiger partial charge in [-0.1, -0.05) is 6.42 Å². The molecule has 0 spiro atoms. The fourth-order valence-corrected chi connectivity index (χ4v) is 2.35. The number of aliphatic hydroxyl groups is 1. The maximum Gasteiger partial charge on any atom is 0.326 e. The van der Waals surface area contributed by atoms with Gasteiger partial charge in [0, 0.05) is 0 Å². The smallest absolute Gasteiger partial charge is 0.326 e. The van der Waals surface area contributed by atoms with Crippen LogP contribution in [0.1, 0.15) is 39.5 Å². The number of aliphatic carboxylic acids is 2. The van der Waals surface area contributed by atoms with E-state index < -0.39 is 66.4 Å². The van der Waals surface area contributed by atoms with E-state index >= 15 is 0 Å². The molecule has 0 rings (SSSR count). The highest BCUT2D eigenvalue weighted by Crippen LogP contribution is 2.01. The van der Waals surface area contributed by atoms with Crippen molar-refractivity contribution in [2.75, 3.05) is 6.54 Å². The third-order valence-electron chi connectivity index (χ3n) is 4.11. The highest BCUT2D eigenvalue weighted by Gasteiger charge is 2.32. The van der Waals surface area contributed by atoms with E-state index in [2.05, 4.69) is 10.6 Å². The van der Waals surface area contributed by atoms with Gasteiger partial charge in [-0.3, -0.25) is 19.2 Å². The largest absolute Gasteiger partial charge is 0.481 e. The summed E-state index contributed by atoms with van der Waals surface area (Å²) in [5.74, 6) is -5.56. The third kappa shape index (κ3) is 10.1. The highest BCUT2D eigenvalue weighted by atomic mass is 16.4. The van der Waals surface area contributed by atoms with Gasteiger partial charge < -0.3 is 42.7 Å². The Hall–Kier alpha value is -2.77. The molecule has 0 aliphatic rings. The number of carboxylic acid groups (broad SMARTS) is 2. The van der Waals surface area contributed by atoms with Crippen LogP contribution in [0, 0.1) is 0 Å². The summed E-state index contributed by atoms with van der Waals surface area (Å²) in [5, 5.41) is 34.0. The Morgan fingerprint density at radius 3 is 1.97 bits per heavy atom. The zero-order valence-corrected chi connectivity index (χ0v) is 17.0. The van der Waals surface area contributed by atoms with Crippen molar-refractivity contribution >= 4 is 29.7 Å². The van der Waals surface area contributed by atoms with Crippen LogP contribution < -0.4 is 27.4 Å². The summed E-state index contributed by atoms with van der Waals surface area (Å²) in [6.07, 6.45) is -0.625. The maximum absolute atomic E-state index is 12.3. The van der Waals surface area contributed by atoms with Crippen LogP contribution in [0.5, 0.6) is 0 Å². The summed E-state index contributed by atoms with van der Waals surface area (Å²) in [7, 11) is 0. The van der Waals surface area contributed by atoms with E-state index in [9.17, 15) is 29.1 Å². The van der Waals surface area contributed by atoms with Crippen LogP contribution in [-0.2, 0) is 24.0 Å². The molecule has 0 radical (unpaired) electrons. The first-order valence-corrected chi connectivity index (χ1v) is 9.40. The monoisotopic (exact) mass is 433 g/mol. The lowest BCUT2D eigenvalue weighted by molar-refractivity contribution is -0.147.